The van der Waals surface area contributed by atoms with Crippen LogP contribution in [-0.2, 0) is 6.42 Å². The number of benzene rings is 2. The number of aromatic carboxylic acids is 1. The van der Waals surface area contributed by atoms with Crippen LogP contribution >= 0.6 is 0 Å². The molecule has 2 aromatic carbocycles. The molecular formula is C17H18N2O3. The molecule has 2 aromatic rings. The summed E-state index contributed by atoms with van der Waals surface area (Å²) >= 11 is 0. The average molecular weight is 298 g/mol. The summed E-state index contributed by atoms with van der Waals surface area (Å²) < 4.78 is 0. The summed E-state index contributed by atoms with van der Waals surface area (Å²) in [6, 6.07) is 14.4. The molecule has 3 N–H and O–H groups in total. The molecule has 0 atom stereocenters. The summed E-state index contributed by atoms with van der Waals surface area (Å²) in [5, 5.41) is 14.5. The zero-order valence-electron chi connectivity index (χ0n) is 12.3. The Morgan fingerprint density at radius 2 is 1.77 bits per heavy atom. The van der Waals surface area contributed by atoms with Crippen LogP contribution < -0.4 is 10.6 Å². The molecule has 0 bridgehead atoms. The zero-order chi connectivity index (χ0) is 15.9. The first-order valence-corrected chi connectivity index (χ1v) is 6.99. The standard InChI is InChI=1S/C17H18N2O3/c1-12-6-5-9-14(15(12)16(20)21)19-17(22)18-11-10-13-7-3-2-4-8-13/h2-9H,10-11H2,1H3,(H,20,21)(H2,18,19,22). The Hall–Kier alpha value is -2.82. The van der Waals surface area contributed by atoms with Gasteiger partial charge in [0.1, 0.15) is 0 Å². The average Bonchev–Trinajstić information content (AvgIpc) is 2.48. The first-order valence-electron chi connectivity index (χ1n) is 6.99. The smallest absolute Gasteiger partial charge is 0.338 e. The van der Waals surface area contributed by atoms with Gasteiger partial charge in [0, 0.05) is 6.54 Å². The van der Waals surface area contributed by atoms with Gasteiger partial charge in [-0.05, 0) is 30.5 Å². The van der Waals surface area contributed by atoms with Crippen LogP contribution in [0.3, 0.4) is 0 Å². The van der Waals surface area contributed by atoms with E-state index in [-0.39, 0.29) is 5.56 Å². The number of carbonyl (C=O) groups is 2. The lowest BCUT2D eigenvalue weighted by Gasteiger charge is -2.11. The quantitative estimate of drug-likeness (QED) is 0.794. The molecule has 0 unspecified atom stereocenters. The molecule has 2 rings (SSSR count). The van der Waals surface area contributed by atoms with Gasteiger partial charge in [0.05, 0.1) is 11.3 Å². The third kappa shape index (κ3) is 4.09. The van der Waals surface area contributed by atoms with Crippen LogP contribution in [0.25, 0.3) is 0 Å². The molecule has 0 aliphatic carbocycles. The van der Waals surface area contributed by atoms with Crippen LogP contribution in [0.5, 0.6) is 0 Å². The molecule has 22 heavy (non-hydrogen) atoms. The van der Waals surface area contributed by atoms with Crippen LogP contribution in [0.1, 0.15) is 21.5 Å². The van der Waals surface area contributed by atoms with Crippen LogP contribution in [-0.4, -0.2) is 23.7 Å². The van der Waals surface area contributed by atoms with Gasteiger partial charge in [-0.1, -0.05) is 42.5 Å². The molecule has 0 aliphatic rings. The van der Waals surface area contributed by atoms with Gasteiger partial charge < -0.3 is 15.7 Å². The number of carbonyl (C=O) groups excluding carboxylic acids is 1. The van der Waals surface area contributed by atoms with Gasteiger partial charge in [-0.2, -0.15) is 0 Å². The van der Waals surface area contributed by atoms with Crippen molar-refractivity contribution in [2.75, 3.05) is 11.9 Å². The van der Waals surface area contributed by atoms with Gasteiger partial charge in [0.15, 0.2) is 0 Å². The summed E-state index contributed by atoms with van der Waals surface area (Å²) in [6.45, 7) is 2.17. The molecule has 0 aromatic heterocycles. The highest BCUT2D eigenvalue weighted by atomic mass is 16.4. The van der Waals surface area contributed by atoms with Crippen molar-refractivity contribution in [2.24, 2.45) is 0 Å². The van der Waals surface area contributed by atoms with Gasteiger partial charge in [-0.15, -0.1) is 0 Å². The van der Waals surface area contributed by atoms with E-state index in [1.54, 1.807) is 25.1 Å². The first-order chi connectivity index (χ1) is 10.6. The van der Waals surface area contributed by atoms with E-state index in [1.165, 1.54) is 0 Å². The Morgan fingerprint density at radius 1 is 1.05 bits per heavy atom. The van der Waals surface area contributed by atoms with Crippen molar-refractivity contribution in [1.82, 2.24) is 5.32 Å². The van der Waals surface area contributed by atoms with E-state index in [2.05, 4.69) is 10.6 Å². The minimum absolute atomic E-state index is 0.112. The van der Waals surface area contributed by atoms with Crippen molar-refractivity contribution in [3.05, 3.63) is 65.2 Å². The second-order valence-electron chi connectivity index (χ2n) is 4.92. The maximum absolute atomic E-state index is 11.9. The lowest BCUT2D eigenvalue weighted by atomic mass is 10.1. The number of nitrogens with one attached hydrogen (secondary N) is 2. The highest BCUT2D eigenvalue weighted by Gasteiger charge is 2.14. The van der Waals surface area contributed by atoms with Crippen molar-refractivity contribution >= 4 is 17.7 Å². The third-order valence-electron chi connectivity index (χ3n) is 3.28. The Labute approximate surface area is 129 Å². The van der Waals surface area contributed by atoms with Crippen LogP contribution in [0, 0.1) is 6.92 Å². The van der Waals surface area contributed by atoms with E-state index in [9.17, 15) is 14.7 Å². The van der Waals surface area contributed by atoms with Crippen molar-refractivity contribution in [1.29, 1.82) is 0 Å². The monoisotopic (exact) mass is 298 g/mol. The molecule has 114 valence electrons. The van der Waals surface area contributed by atoms with Crippen LogP contribution in [0.15, 0.2) is 48.5 Å². The lowest BCUT2D eigenvalue weighted by Crippen LogP contribution is -2.31. The molecule has 0 heterocycles. The number of rotatable bonds is 5. The molecule has 0 saturated heterocycles. The summed E-state index contributed by atoms with van der Waals surface area (Å²) in [5.41, 5.74) is 2.14. The first kappa shape index (κ1) is 15.6. The van der Waals surface area contributed by atoms with Gasteiger partial charge in [-0.25, -0.2) is 9.59 Å². The number of carboxylic acids is 1. The summed E-state index contributed by atoms with van der Waals surface area (Å²) in [6.07, 6.45) is 0.716. The third-order valence-corrected chi connectivity index (χ3v) is 3.28. The number of carboxylic acid groups (broad SMARTS) is 1. The van der Waals surface area contributed by atoms with Crippen molar-refractivity contribution in [3.8, 4) is 0 Å². The Kier molecular flexibility index (Phi) is 5.14. The van der Waals surface area contributed by atoms with Crippen molar-refractivity contribution < 1.29 is 14.7 Å². The SMILES string of the molecule is Cc1cccc(NC(=O)NCCc2ccccc2)c1C(=O)O. The second kappa shape index (κ2) is 7.26. The topological polar surface area (TPSA) is 78.4 Å². The normalized spacial score (nSPS) is 10.0. The number of hydrogen-bond acceptors (Lipinski definition) is 2. The highest BCUT2D eigenvalue weighted by Crippen LogP contribution is 2.19. The molecule has 5 nitrogen and oxygen atoms in total. The Bertz CT molecular complexity index is 669. The number of hydrogen-bond donors (Lipinski definition) is 3. The molecule has 0 fully saturated rings. The molecule has 0 radical (unpaired) electrons. The fourth-order valence-corrected chi connectivity index (χ4v) is 2.19. The molecule has 0 aliphatic heterocycles. The minimum Gasteiger partial charge on any atom is -0.478 e. The molecule has 0 spiro atoms. The van der Waals surface area contributed by atoms with Crippen molar-refractivity contribution in [3.63, 3.8) is 0 Å². The zero-order valence-corrected chi connectivity index (χ0v) is 12.3. The van der Waals surface area contributed by atoms with Crippen molar-refractivity contribution in [2.45, 2.75) is 13.3 Å². The number of aryl methyl sites for hydroxylation is 1. The highest BCUT2D eigenvalue weighted by molar-refractivity contribution is 6.01. The number of urea groups is 1. The summed E-state index contributed by atoms with van der Waals surface area (Å²) in [4.78, 5) is 23.1. The summed E-state index contributed by atoms with van der Waals surface area (Å²) in [7, 11) is 0. The fourth-order valence-electron chi connectivity index (χ4n) is 2.19. The lowest BCUT2D eigenvalue weighted by molar-refractivity contribution is 0.0697. The van der Waals surface area contributed by atoms with E-state index in [0.29, 0.717) is 24.2 Å². The van der Waals surface area contributed by atoms with E-state index >= 15 is 0 Å². The predicted molar refractivity (Wildman–Crippen MR) is 85.3 cm³/mol. The maximum atomic E-state index is 11.9. The molecule has 2 amide bonds. The summed E-state index contributed by atoms with van der Waals surface area (Å²) in [5.74, 6) is -1.06. The molecule has 5 heteroatoms. The van der Waals surface area contributed by atoms with E-state index < -0.39 is 12.0 Å². The molecular weight excluding hydrogens is 280 g/mol. The Balaban J connectivity index is 1.93. The van der Waals surface area contributed by atoms with Gasteiger partial charge in [-0.3, -0.25) is 0 Å². The van der Waals surface area contributed by atoms with Crippen LogP contribution in [0.2, 0.25) is 0 Å². The Morgan fingerprint density at radius 3 is 2.45 bits per heavy atom. The van der Waals surface area contributed by atoms with E-state index in [1.807, 2.05) is 30.3 Å². The predicted octanol–water partition coefficient (Wildman–Crippen LogP) is 3.06. The maximum Gasteiger partial charge on any atom is 0.338 e. The van der Waals surface area contributed by atoms with E-state index in [4.69, 9.17) is 0 Å². The van der Waals surface area contributed by atoms with Crippen LogP contribution in [0.4, 0.5) is 10.5 Å². The number of amides is 2. The van der Waals surface area contributed by atoms with E-state index in [0.717, 1.165) is 5.56 Å². The van der Waals surface area contributed by atoms with Gasteiger partial charge in [0.2, 0.25) is 0 Å². The fraction of sp³-hybridized carbons (Fsp3) is 0.176. The number of anilines is 1. The van der Waals surface area contributed by atoms with Gasteiger partial charge in [0.25, 0.3) is 0 Å². The minimum atomic E-state index is -1.06. The largest absolute Gasteiger partial charge is 0.478 e. The second-order valence-corrected chi connectivity index (χ2v) is 4.92. The van der Waals surface area contributed by atoms with Gasteiger partial charge >= 0.3 is 12.0 Å². The molecule has 0 saturated carbocycles.